The molecule has 1 rings (SSSR count). The van der Waals surface area contributed by atoms with Crippen molar-refractivity contribution in [1.82, 2.24) is 0 Å². The minimum absolute atomic E-state index is 0.187. The van der Waals surface area contributed by atoms with Gasteiger partial charge in [0.25, 0.3) is 0 Å². The first-order valence-corrected chi connectivity index (χ1v) is 3.51. The molecule has 0 saturated carbocycles. The number of quaternary nitrogens is 1. The SMILES string of the molecule is O=C=CB(C(F)=CF)[N+]1(F)CC1(F)F. The quantitative estimate of drug-likeness (QED) is 0.173. The minimum atomic E-state index is -3.78. The molecule has 1 heterocycles. The van der Waals surface area contributed by atoms with Crippen LogP contribution in [0.2, 0.25) is 0 Å². The number of hydrogen-bond acceptors (Lipinski definition) is 1. The van der Waals surface area contributed by atoms with Crippen molar-refractivity contribution in [2.75, 3.05) is 6.54 Å². The van der Waals surface area contributed by atoms with Crippen LogP contribution in [0.4, 0.5) is 22.0 Å². The highest BCUT2D eigenvalue weighted by Crippen LogP contribution is 2.49. The van der Waals surface area contributed by atoms with Crippen molar-refractivity contribution in [3.05, 3.63) is 18.0 Å². The van der Waals surface area contributed by atoms with E-state index in [1.54, 1.807) is 0 Å². The monoisotopic (exact) mass is 212 g/mol. The third-order valence-electron chi connectivity index (χ3n) is 1.91. The smallest absolute Gasteiger partial charge is 0.234 e. The fourth-order valence-electron chi connectivity index (χ4n) is 1.07. The Balaban J connectivity index is 2.97. The van der Waals surface area contributed by atoms with Crippen LogP contribution in [0, 0.1) is 0 Å². The van der Waals surface area contributed by atoms with E-state index < -0.39 is 36.1 Å². The summed E-state index contributed by atoms with van der Waals surface area (Å²) in [6.45, 7) is -3.54. The summed E-state index contributed by atoms with van der Waals surface area (Å²) >= 11 is 0. The van der Waals surface area contributed by atoms with Crippen molar-refractivity contribution >= 4 is 12.8 Å². The molecule has 2 nitrogen and oxygen atoms in total. The standard InChI is InChI=1S/C6H4BF5NO/c8-3-5(9)7(1-2-14)13(12)4-6(13,10)11/h1,3H,4H2/q+1. The first-order valence-electron chi connectivity index (χ1n) is 3.51. The summed E-state index contributed by atoms with van der Waals surface area (Å²) in [6.07, 6.45) is -0.660. The van der Waals surface area contributed by atoms with E-state index in [-0.39, 0.29) is 5.98 Å². The van der Waals surface area contributed by atoms with E-state index in [4.69, 9.17) is 0 Å². The molecule has 1 aliphatic rings. The molecule has 0 aromatic carbocycles. The van der Waals surface area contributed by atoms with Gasteiger partial charge in [-0.3, -0.25) is 0 Å². The molecule has 1 unspecified atom stereocenters. The second-order valence-corrected chi connectivity index (χ2v) is 2.82. The van der Waals surface area contributed by atoms with Crippen molar-refractivity contribution in [3.63, 3.8) is 0 Å². The van der Waals surface area contributed by atoms with Gasteiger partial charge in [-0.15, -0.1) is 13.4 Å². The maximum Gasteiger partial charge on any atom is 0.556 e. The lowest BCUT2D eigenvalue weighted by atomic mass is 9.61. The van der Waals surface area contributed by atoms with Crippen LogP contribution < -0.4 is 0 Å². The van der Waals surface area contributed by atoms with Crippen LogP contribution in [0.25, 0.3) is 0 Å². The Morgan fingerprint density at radius 3 is 2.36 bits per heavy atom. The van der Waals surface area contributed by atoms with Gasteiger partial charge >= 0.3 is 12.9 Å². The zero-order valence-corrected chi connectivity index (χ0v) is 6.68. The molecule has 0 aromatic heterocycles. The summed E-state index contributed by atoms with van der Waals surface area (Å²) in [5, 5.41) is 0. The van der Waals surface area contributed by atoms with Crippen LogP contribution in [0.1, 0.15) is 0 Å². The summed E-state index contributed by atoms with van der Waals surface area (Å²) in [6, 6.07) is -3.78. The lowest BCUT2D eigenvalue weighted by Gasteiger charge is -2.07. The van der Waals surface area contributed by atoms with Crippen LogP contribution >= 0.6 is 0 Å². The molecule has 0 aliphatic carbocycles. The first-order chi connectivity index (χ1) is 6.39. The molecule has 76 valence electrons. The van der Waals surface area contributed by atoms with E-state index in [9.17, 15) is 26.8 Å². The highest BCUT2D eigenvalue weighted by Gasteiger charge is 2.82. The van der Waals surface area contributed by atoms with Gasteiger partial charge in [-0.2, -0.15) is 0 Å². The van der Waals surface area contributed by atoms with Crippen LogP contribution in [-0.2, 0) is 4.79 Å². The fraction of sp³-hybridized carbons (Fsp3) is 0.333. The van der Waals surface area contributed by atoms with Gasteiger partial charge in [-0.25, -0.2) is 13.6 Å². The highest BCUT2D eigenvalue weighted by atomic mass is 19.3. The van der Waals surface area contributed by atoms with Gasteiger partial charge in [-0.1, -0.05) is 0 Å². The summed E-state index contributed by atoms with van der Waals surface area (Å²) in [5.74, 6) is 1.14. The Hall–Kier alpha value is -1.14. The molecule has 1 fully saturated rings. The molecule has 1 aliphatic heterocycles. The summed E-state index contributed by atoms with van der Waals surface area (Å²) in [7, 11) is 0. The molecule has 0 spiro atoms. The second-order valence-electron chi connectivity index (χ2n) is 2.82. The van der Waals surface area contributed by atoms with E-state index in [1.807, 2.05) is 0 Å². The molecule has 0 bridgehead atoms. The number of alkyl halides is 2. The molecule has 1 saturated heterocycles. The molecule has 8 heteroatoms. The van der Waals surface area contributed by atoms with Gasteiger partial charge in [0.05, 0.1) is 0 Å². The molecule has 0 amide bonds. The van der Waals surface area contributed by atoms with Gasteiger partial charge in [0.2, 0.25) is 6.54 Å². The van der Waals surface area contributed by atoms with Crippen LogP contribution in [0.15, 0.2) is 18.0 Å². The Kier molecular flexibility index (Phi) is 2.51. The van der Waals surface area contributed by atoms with Gasteiger partial charge in [0, 0.05) is 5.98 Å². The second kappa shape index (κ2) is 3.22. The summed E-state index contributed by atoms with van der Waals surface area (Å²) in [5.41, 5.74) is -1.77. The van der Waals surface area contributed by atoms with E-state index in [0.717, 1.165) is 5.94 Å². The molecule has 1 atom stereocenters. The molecule has 14 heavy (non-hydrogen) atoms. The van der Waals surface area contributed by atoms with Crippen molar-refractivity contribution in [3.8, 4) is 0 Å². The Labute approximate surface area is 75.9 Å². The zero-order valence-electron chi connectivity index (χ0n) is 6.68. The number of carbonyl (C=O) groups excluding carboxylic acids is 1. The number of nitrogens with zero attached hydrogens (tertiary/aromatic N) is 1. The third-order valence-corrected chi connectivity index (χ3v) is 1.91. The summed E-state index contributed by atoms with van der Waals surface area (Å²) in [4.78, 5) is 9.80. The average Bonchev–Trinajstić information content (AvgIpc) is 2.61. The lowest BCUT2D eigenvalue weighted by Crippen LogP contribution is -2.39. The average molecular weight is 212 g/mol. The largest absolute Gasteiger partial charge is 0.556 e. The topological polar surface area (TPSA) is 17.1 Å². The maximum atomic E-state index is 13.1. The first kappa shape index (κ1) is 10.9. The zero-order chi connectivity index (χ0) is 11.0. The van der Waals surface area contributed by atoms with Gasteiger partial charge < -0.3 is 0 Å². The number of hydrogen-bond donors (Lipinski definition) is 0. The van der Waals surface area contributed by atoms with Crippen molar-refractivity contribution in [2.24, 2.45) is 0 Å². The van der Waals surface area contributed by atoms with Gasteiger partial charge in [0.1, 0.15) is 12.3 Å². The maximum absolute atomic E-state index is 13.1. The predicted molar refractivity (Wildman–Crippen MR) is 37.5 cm³/mol. The predicted octanol–water partition coefficient (Wildman–Crippen LogP) is 1.53. The van der Waals surface area contributed by atoms with E-state index in [0.29, 0.717) is 0 Å². The van der Waals surface area contributed by atoms with Crippen molar-refractivity contribution < 1.29 is 31.5 Å². The number of rotatable bonds is 3. The van der Waals surface area contributed by atoms with Crippen LogP contribution in [-0.4, -0.2) is 30.0 Å². The van der Waals surface area contributed by atoms with E-state index in [1.165, 1.54) is 0 Å². The van der Waals surface area contributed by atoms with Crippen molar-refractivity contribution in [1.29, 1.82) is 0 Å². The van der Waals surface area contributed by atoms with E-state index in [2.05, 4.69) is 0 Å². The molecule has 0 aromatic rings. The molecular weight excluding hydrogens is 208 g/mol. The summed E-state index contributed by atoms with van der Waals surface area (Å²) < 4.78 is 59.6. The highest BCUT2D eigenvalue weighted by molar-refractivity contribution is 6.65. The Bertz CT molecular complexity index is 326. The van der Waals surface area contributed by atoms with Gasteiger partial charge in [-0.05, 0) is 4.48 Å². The molecule has 0 N–H and O–H groups in total. The molecular formula is C6H4BF5NO+. The fourth-order valence-corrected chi connectivity index (χ4v) is 1.07. The number of halogens is 5. The third kappa shape index (κ3) is 1.47. The van der Waals surface area contributed by atoms with Crippen LogP contribution in [0.5, 0.6) is 0 Å². The van der Waals surface area contributed by atoms with Gasteiger partial charge in [0.15, 0.2) is 5.73 Å². The lowest BCUT2D eigenvalue weighted by molar-refractivity contribution is -0.897. The van der Waals surface area contributed by atoms with Crippen LogP contribution in [0.3, 0.4) is 0 Å². The van der Waals surface area contributed by atoms with Crippen molar-refractivity contribution in [2.45, 2.75) is 6.05 Å². The Morgan fingerprint density at radius 2 is 2.07 bits per heavy atom. The minimum Gasteiger partial charge on any atom is -0.234 e. The van der Waals surface area contributed by atoms with E-state index >= 15 is 0 Å². The molecule has 0 radical (unpaired) electrons. The normalized spacial score (nSPS) is 29.4. The Morgan fingerprint density at radius 1 is 1.57 bits per heavy atom.